The number of nitro groups is 1. The molecule has 11 heteroatoms. The standard InChI is InChI=1S/C7H4BrF3N2O4S/c8-6-4(7(9,10)11)1-3(18(12,16)17)2-5(6)13(14)15/h1-2H,(H2,12,16,17). The van der Waals surface area contributed by atoms with E-state index in [2.05, 4.69) is 21.1 Å². The molecule has 0 aliphatic carbocycles. The molecule has 0 heterocycles. The van der Waals surface area contributed by atoms with E-state index in [1.165, 1.54) is 0 Å². The molecule has 2 N–H and O–H groups in total. The van der Waals surface area contributed by atoms with E-state index >= 15 is 0 Å². The largest absolute Gasteiger partial charge is 0.417 e. The summed E-state index contributed by atoms with van der Waals surface area (Å²) in [7, 11) is -4.48. The van der Waals surface area contributed by atoms with Crippen molar-refractivity contribution in [2.45, 2.75) is 11.1 Å². The van der Waals surface area contributed by atoms with Gasteiger partial charge in [0.15, 0.2) is 0 Å². The van der Waals surface area contributed by atoms with Gasteiger partial charge in [-0.3, -0.25) is 10.1 Å². The smallest absolute Gasteiger partial charge is 0.258 e. The van der Waals surface area contributed by atoms with Crippen LogP contribution in [0.2, 0.25) is 0 Å². The van der Waals surface area contributed by atoms with Gasteiger partial charge >= 0.3 is 6.18 Å². The van der Waals surface area contributed by atoms with Gasteiger partial charge in [0.05, 0.1) is 15.4 Å². The van der Waals surface area contributed by atoms with E-state index in [-0.39, 0.29) is 6.07 Å². The number of primary sulfonamides is 1. The summed E-state index contributed by atoms with van der Waals surface area (Å²) in [6, 6.07) is 0.682. The quantitative estimate of drug-likeness (QED) is 0.652. The number of nitro benzene ring substituents is 1. The number of halogens is 4. The summed E-state index contributed by atoms with van der Waals surface area (Å²) in [6.45, 7) is 0. The highest BCUT2D eigenvalue weighted by Gasteiger charge is 2.37. The zero-order valence-corrected chi connectivity index (χ0v) is 10.6. The second-order valence-electron chi connectivity index (χ2n) is 3.10. The maximum atomic E-state index is 12.6. The molecule has 0 saturated carbocycles. The minimum Gasteiger partial charge on any atom is -0.258 e. The van der Waals surface area contributed by atoms with Crippen LogP contribution in [-0.2, 0) is 16.2 Å². The van der Waals surface area contributed by atoms with E-state index in [4.69, 9.17) is 0 Å². The van der Waals surface area contributed by atoms with Crippen molar-refractivity contribution >= 4 is 31.6 Å². The SMILES string of the molecule is NS(=O)(=O)c1cc([N+](=O)[O-])c(Br)c(C(F)(F)F)c1. The van der Waals surface area contributed by atoms with Crippen LogP contribution in [0, 0.1) is 10.1 Å². The summed E-state index contributed by atoms with van der Waals surface area (Å²) in [5.41, 5.74) is -2.52. The Balaban J connectivity index is 3.74. The third kappa shape index (κ3) is 2.97. The Kier molecular flexibility index (Phi) is 3.70. The second kappa shape index (κ2) is 4.48. The summed E-state index contributed by atoms with van der Waals surface area (Å²) < 4.78 is 58.8. The van der Waals surface area contributed by atoms with Crippen LogP contribution in [0.1, 0.15) is 5.56 Å². The van der Waals surface area contributed by atoms with E-state index in [1.54, 1.807) is 0 Å². The highest BCUT2D eigenvalue weighted by molar-refractivity contribution is 9.10. The first-order valence-electron chi connectivity index (χ1n) is 4.02. The summed E-state index contributed by atoms with van der Waals surface area (Å²) in [4.78, 5) is 8.43. The van der Waals surface area contributed by atoms with Gasteiger partial charge in [-0.1, -0.05) is 0 Å². The second-order valence-corrected chi connectivity index (χ2v) is 5.46. The molecule has 0 atom stereocenters. The lowest BCUT2D eigenvalue weighted by atomic mass is 10.2. The monoisotopic (exact) mass is 348 g/mol. The van der Waals surface area contributed by atoms with Crippen molar-refractivity contribution in [2.75, 3.05) is 0 Å². The highest BCUT2D eigenvalue weighted by Crippen LogP contribution is 2.40. The first-order chi connectivity index (χ1) is 7.94. The number of rotatable bonds is 2. The van der Waals surface area contributed by atoms with Crippen LogP contribution in [0.4, 0.5) is 18.9 Å². The van der Waals surface area contributed by atoms with Gasteiger partial charge < -0.3 is 0 Å². The van der Waals surface area contributed by atoms with E-state index in [1.807, 2.05) is 0 Å². The Morgan fingerprint density at radius 2 is 1.83 bits per heavy atom. The van der Waals surface area contributed by atoms with Gasteiger partial charge in [-0.25, -0.2) is 13.6 Å². The van der Waals surface area contributed by atoms with Crippen LogP contribution in [0.25, 0.3) is 0 Å². The summed E-state index contributed by atoms with van der Waals surface area (Å²) >= 11 is 2.42. The Morgan fingerprint density at radius 1 is 1.33 bits per heavy atom. The minimum atomic E-state index is -4.95. The number of benzene rings is 1. The molecular weight excluding hydrogens is 345 g/mol. The normalized spacial score (nSPS) is 12.5. The van der Waals surface area contributed by atoms with Gasteiger partial charge in [0.1, 0.15) is 4.47 Å². The molecule has 0 aliphatic rings. The summed E-state index contributed by atoms with van der Waals surface area (Å²) in [5, 5.41) is 15.2. The molecular formula is C7H4BrF3N2O4S. The zero-order valence-electron chi connectivity index (χ0n) is 8.23. The Labute approximate surface area is 107 Å². The molecule has 0 saturated heterocycles. The lowest BCUT2D eigenvalue weighted by molar-refractivity contribution is -0.386. The predicted molar refractivity (Wildman–Crippen MR) is 57.2 cm³/mol. The van der Waals surface area contributed by atoms with Gasteiger partial charge in [-0.2, -0.15) is 13.2 Å². The molecule has 0 spiro atoms. The van der Waals surface area contributed by atoms with E-state index in [0.717, 1.165) is 0 Å². The Hall–Kier alpha value is -1.20. The van der Waals surface area contributed by atoms with Crippen molar-refractivity contribution in [3.8, 4) is 0 Å². The number of hydrogen-bond donors (Lipinski definition) is 1. The fourth-order valence-electron chi connectivity index (χ4n) is 1.09. The van der Waals surface area contributed by atoms with Gasteiger partial charge in [-0.15, -0.1) is 0 Å². The lowest BCUT2D eigenvalue weighted by Crippen LogP contribution is -2.15. The first kappa shape index (κ1) is 14.9. The average molecular weight is 349 g/mol. The topological polar surface area (TPSA) is 103 Å². The van der Waals surface area contributed by atoms with Crippen LogP contribution < -0.4 is 5.14 Å². The van der Waals surface area contributed by atoms with Crippen molar-refractivity contribution in [3.63, 3.8) is 0 Å². The maximum absolute atomic E-state index is 12.6. The molecule has 0 aromatic heterocycles. The van der Waals surface area contributed by atoms with Crippen LogP contribution in [0.3, 0.4) is 0 Å². The maximum Gasteiger partial charge on any atom is 0.417 e. The van der Waals surface area contributed by atoms with Crippen molar-refractivity contribution in [2.24, 2.45) is 5.14 Å². The Bertz CT molecular complexity index is 614. The average Bonchev–Trinajstić information content (AvgIpc) is 2.13. The van der Waals surface area contributed by atoms with Crippen molar-refractivity contribution in [1.82, 2.24) is 0 Å². The molecule has 0 bridgehead atoms. The van der Waals surface area contributed by atoms with Crippen molar-refractivity contribution in [1.29, 1.82) is 0 Å². The van der Waals surface area contributed by atoms with Gasteiger partial charge in [0.25, 0.3) is 5.69 Å². The van der Waals surface area contributed by atoms with Gasteiger partial charge in [-0.05, 0) is 22.0 Å². The molecule has 0 unspecified atom stereocenters. The van der Waals surface area contributed by atoms with Crippen molar-refractivity contribution in [3.05, 3.63) is 32.3 Å². The number of sulfonamides is 1. The summed E-state index contributed by atoms with van der Waals surface area (Å²) in [5.74, 6) is 0. The minimum absolute atomic E-state index is 0.229. The third-order valence-electron chi connectivity index (χ3n) is 1.86. The highest BCUT2D eigenvalue weighted by atomic mass is 79.9. The molecule has 0 aliphatic heterocycles. The number of hydrogen-bond acceptors (Lipinski definition) is 4. The van der Waals surface area contributed by atoms with E-state index < -0.39 is 41.7 Å². The molecule has 6 nitrogen and oxygen atoms in total. The van der Waals surface area contributed by atoms with E-state index in [0.29, 0.717) is 6.07 Å². The van der Waals surface area contributed by atoms with Crippen LogP contribution >= 0.6 is 15.9 Å². The predicted octanol–water partition coefficient (Wildman–Crippen LogP) is 2.02. The number of nitrogens with two attached hydrogens (primary N) is 1. The van der Waals surface area contributed by atoms with E-state index in [9.17, 15) is 31.7 Å². The number of nitrogens with zero attached hydrogens (tertiary/aromatic N) is 1. The van der Waals surface area contributed by atoms with Gasteiger partial charge in [0.2, 0.25) is 10.0 Å². The fourth-order valence-corrected chi connectivity index (χ4v) is 2.24. The molecule has 100 valence electrons. The zero-order chi connectivity index (χ0) is 14.3. The fraction of sp³-hybridized carbons (Fsp3) is 0.143. The third-order valence-corrected chi connectivity index (χ3v) is 3.58. The first-order valence-corrected chi connectivity index (χ1v) is 6.36. The van der Waals surface area contributed by atoms with Crippen LogP contribution in [0.15, 0.2) is 21.5 Å². The molecule has 0 fully saturated rings. The van der Waals surface area contributed by atoms with Crippen LogP contribution in [0.5, 0.6) is 0 Å². The van der Waals surface area contributed by atoms with Gasteiger partial charge in [0, 0.05) is 6.07 Å². The van der Waals surface area contributed by atoms with Crippen molar-refractivity contribution < 1.29 is 26.5 Å². The molecule has 0 amide bonds. The molecule has 1 aromatic rings. The Morgan fingerprint density at radius 3 is 2.17 bits per heavy atom. The van der Waals surface area contributed by atoms with Crippen LogP contribution in [-0.4, -0.2) is 13.3 Å². The molecule has 0 radical (unpaired) electrons. The number of alkyl halides is 3. The lowest BCUT2D eigenvalue weighted by Gasteiger charge is -2.10. The summed E-state index contributed by atoms with van der Waals surface area (Å²) in [6.07, 6.45) is -4.95. The molecule has 18 heavy (non-hydrogen) atoms. The molecule has 1 aromatic carbocycles. The molecule has 1 rings (SSSR count).